The molecular formula is C21H24ClN3O3. The Morgan fingerprint density at radius 3 is 2.57 bits per heavy atom. The molecule has 6 nitrogen and oxygen atoms in total. The number of aromatic amines is 1. The highest BCUT2D eigenvalue weighted by molar-refractivity contribution is 6.30. The highest BCUT2D eigenvalue weighted by atomic mass is 35.5. The SMILES string of the molecule is Cc1[nH]c2ncn(CCc3ccc(Cl)cc3)c(=O)c2c1COC(=O)C(C)(C)C. The molecule has 2 heterocycles. The molecule has 0 fully saturated rings. The van der Waals surface area contributed by atoms with Gasteiger partial charge in [0.05, 0.1) is 17.1 Å². The summed E-state index contributed by atoms with van der Waals surface area (Å²) in [6, 6.07) is 7.55. The number of hydrogen-bond acceptors (Lipinski definition) is 4. The summed E-state index contributed by atoms with van der Waals surface area (Å²) >= 11 is 5.91. The number of halogens is 1. The normalized spacial score (nSPS) is 11.8. The Hall–Kier alpha value is -2.60. The van der Waals surface area contributed by atoms with Crippen molar-refractivity contribution in [3.63, 3.8) is 0 Å². The third-order valence-electron chi connectivity index (χ3n) is 4.61. The largest absolute Gasteiger partial charge is 0.460 e. The van der Waals surface area contributed by atoms with E-state index in [4.69, 9.17) is 16.3 Å². The van der Waals surface area contributed by atoms with Crippen molar-refractivity contribution in [1.82, 2.24) is 14.5 Å². The number of aryl methyl sites for hydroxylation is 3. The predicted molar refractivity (Wildman–Crippen MR) is 109 cm³/mol. The first-order chi connectivity index (χ1) is 13.2. The zero-order chi connectivity index (χ0) is 20.5. The van der Waals surface area contributed by atoms with Gasteiger partial charge >= 0.3 is 5.97 Å². The molecule has 3 aromatic rings. The van der Waals surface area contributed by atoms with Crippen LogP contribution in [0.4, 0.5) is 0 Å². The Balaban J connectivity index is 1.86. The number of esters is 1. The highest BCUT2D eigenvalue weighted by Gasteiger charge is 2.24. The van der Waals surface area contributed by atoms with Crippen molar-refractivity contribution in [2.75, 3.05) is 0 Å². The second-order valence-corrected chi connectivity index (χ2v) is 8.33. The molecule has 0 aliphatic heterocycles. The molecule has 0 saturated carbocycles. The van der Waals surface area contributed by atoms with Crippen molar-refractivity contribution >= 4 is 28.6 Å². The average molecular weight is 402 g/mol. The van der Waals surface area contributed by atoms with Gasteiger partial charge < -0.3 is 9.72 Å². The van der Waals surface area contributed by atoms with Crippen LogP contribution >= 0.6 is 11.6 Å². The van der Waals surface area contributed by atoms with Gasteiger partial charge in [0.1, 0.15) is 12.3 Å². The first kappa shape index (κ1) is 20.1. The maximum Gasteiger partial charge on any atom is 0.311 e. The van der Waals surface area contributed by atoms with Crippen LogP contribution in [-0.4, -0.2) is 20.5 Å². The third kappa shape index (κ3) is 4.28. The summed E-state index contributed by atoms with van der Waals surface area (Å²) < 4.78 is 7.01. The number of aromatic nitrogens is 3. The molecule has 0 aliphatic carbocycles. The number of fused-ring (bicyclic) bond motifs is 1. The molecule has 7 heteroatoms. The van der Waals surface area contributed by atoms with Crippen LogP contribution in [0.15, 0.2) is 35.4 Å². The lowest BCUT2D eigenvalue weighted by molar-refractivity contribution is -0.154. The Morgan fingerprint density at radius 2 is 1.93 bits per heavy atom. The molecule has 0 saturated heterocycles. The maximum atomic E-state index is 13.0. The number of carbonyl (C=O) groups excluding carboxylic acids is 1. The number of hydrogen-bond donors (Lipinski definition) is 1. The fourth-order valence-corrected chi connectivity index (χ4v) is 3.02. The molecule has 3 rings (SSSR count). The molecule has 2 aromatic heterocycles. The Bertz CT molecular complexity index is 1060. The number of carbonyl (C=O) groups is 1. The summed E-state index contributed by atoms with van der Waals surface area (Å²) in [6.45, 7) is 7.77. The molecule has 1 N–H and O–H groups in total. The zero-order valence-electron chi connectivity index (χ0n) is 16.5. The van der Waals surface area contributed by atoms with E-state index in [0.717, 1.165) is 11.3 Å². The summed E-state index contributed by atoms with van der Waals surface area (Å²) in [7, 11) is 0. The van der Waals surface area contributed by atoms with Crippen molar-refractivity contribution in [3.05, 3.63) is 62.8 Å². The van der Waals surface area contributed by atoms with Gasteiger partial charge in [-0.3, -0.25) is 14.2 Å². The van der Waals surface area contributed by atoms with Gasteiger partial charge in [-0.15, -0.1) is 0 Å². The van der Waals surface area contributed by atoms with Crippen LogP contribution in [0.5, 0.6) is 0 Å². The van der Waals surface area contributed by atoms with E-state index in [-0.39, 0.29) is 18.1 Å². The molecule has 28 heavy (non-hydrogen) atoms. The van der Waals surface area contributed by atoms with Gasteiger partial charge in [-0.1, -0.05) is 23.7 Å². The lowest BCUT2D eigenvalue weighted by atomic mass is 9.97. The van der Waals surface area contributed by atoms with E-state index in [2.05, 4.69) is 9.97 Å². The minimum absolute atomic E-state index is 0.0417. The molecule has 0 spiro atoms. The van der Waals surface area contributed by atoms with Crippen molar-refractivity contribution in [2.24, 2.45) is 5.41 Å². The first-order valence-electron chi connectivity index (χ1n) is 9.15. The van der Waals surface area contributed by atoms with E-state index >= 15 is 0 Å². The summed E-state index contributed by atoms with van der Waals surface area (Å²) in [4.78, 5) is 32.6. The van der Waals surface area contributed by atoms with Gasteiger partial charge in [0, 0.05) is 22.8 Å². The summed E-state index contributed by atoms with van der Waals surface area (Å²) in [5.41, 5.74) is 2.29. The van der Waals surface area contributed by atoms with Gasteiger partial charge in [-0.2, -0.15) is 0 Å². The Kier molecular flexibility index (Phi) is 5.61. The second kappa shape index (κ2) is 7.80. The van der Waals surface area contributed by atoms with Crippen LogP contribution in [0.3, 0.4) is 0 Å². The number of benzene rings is 1. The van der Waals surface area contributed by atoms with Crippen molar-refractivity contribution in [2.45, 2.75) is 47.3 Å². The first-order valence-corrected chi connectivity index (χ1v) is 9.53. The minimum Gasteiger partial charge on any atom is -0.460 e. The Labute approximate surface area is 168 Å². The number of nitrogens with zero attached hydrogens (tertiary/aromatic N) is 2. The molecule has 0 unspecified atom stereocenters. The molecule has 148 valence electrons. The van der Waals surface area contributed by atoms with Crippen LogP contribution in [0, 0.1) is 12.3 Å². The van der Waals surface area contributed by atoms with E-state index in [9.17, 15) is 9.59 Å². The number of nitrogens with one attached hydrogen (secondary N) is 1. The second-order valence-electron chi connectivity index (χ2n) is 7.90. The Morgan fingerprint density at radius 1 is 1.25 bits per heavy atom. The van der Waals surface area contributed by atoms with Crippen molar-refractivity contribution < 1.29 is 9.53 Å². The number of H-pyrrole nitrogens is 1. The van der Waals surface area contributed by atoms with Crippen LogP contribution in [0.1, 0.15) is 37.6 Å². The van der Waals surface area contributed by atoms with E-state index in [1.165, 1.54) is 0 Å². The quantitative estimate of drug-likeness (QED) is 0.655. The molecule has 0 radical (unpaired) electrons. The lowest BCUT2D eigenvalue weighted by Crippen LogP contribution is -2.24. The average Bonchev–Trinajstić information content (AvgIpc) is 2.95. The highest BCUT2D eigenvalue weighted by Crippen LogP contribution is 2.21. The van der Waals surface area contributed by atoms with E-state index < -0.39 is 5.41 Å². The molecule has 1 aromatic carbocycles. The third-order valence-corrected chi connectivity index (χ3v) is 4.86. The number of rotatable bonds is 5. The van der Waals surface area contributed by atoms with Gasteiger partial charge in [0.15, 0.2) is 0 Å². The monoisotopic (exact) mass is 401 g/mol. The molecule has 0 aliphatic rings. The minimum atomic E-state index is -0.600. The van der Waals surface area contributed by atoms with E-state index in [1.807, 2.05) is 31.2 Å². The topological polar surface area (TPSA) is 77.0 Å². The van der Waals surface area contributed by atoms with Crippen LogP contribution < -0.4 is 5.56 Å². The molecular weight excluding hydrogens is 378 g/mol. The van der Waals surface area contributed by atoms with Gasteiger partial charge in [-0.25, -0.2) is 4.98 Å². The lowest BCUT2D eigenvalue weighted by Gasteiger charge is -2.16. The van der Waals surface area contributed by atoms with Gasteiger partial charge in [-0.05, 0) is 51.8 Å². The smallest absolute Gasteiger partial charge is 0.311 e. The van der Waals surface area contributed by atoms with E-state index in [0.29, 0.717) is 34.6 Å². The zero-order valence-corrected chi connectivity index (χ0v) is 17.3. The molecule has 0 atom stereocenters. The summed E-state index contributed by atoms with van der Waals surface area (Å²) in [5, 5.41) is 1.15. The predicted octanol–water partition coefficient (Wildman–Crippen LogP) is 4.02. The van der Waals surface area contributed by atoms with Crippen LogP contribution in [0.25, 0.3) is 11.0 Å². The van der Waals surface area contributed by atoms with E-state index in [1.54, 1.807) is 31.7 Å². The van der Waals surface area contributed by atoms with Gasteiger partial charge in [0.25, 0.3) is 5.56 Å². The summed E-state index contributed by atoms with van der Waals surface area (Å²) in [5.74, 6) is -0.312. The standard InChI is InChI=1S/C21H24ClN3O3/c1-13-16(11-28-20(27)21(2,3)4)17-18(24-13)23-12-25(19(17)26)10-9-14-5-7-15(22)8-6-14/h5-8,12,24H,9-11H2,1-4H3. The summed E-state index contributed by atoms with van der Waals surface area (Å²) in [6.07, 6.45) is 2.23. The molecule has 0 bridgehead atoms. The van der Waals surface area contributed by atoms with Crippen molar-refractivity contribution in [1.29, 1.82) is 0 Å². The fraction of sp³-hybridized carbons (Fsp3) is 0.381. The van der Waals surface area contributed by atoms with Crippen LogP contribution in [-0.2, 0) is 29.1 Å². The van der Waals surface area contributed by atoms with Crippen molar-refractivity contribution in [3.8, 4) is 0 Å². The molecule has 0 amide bonds. The fourth-order valence-electron chi connectivity index (χ4n) is 2.89. The van der Waals surface area contributed by atoms with Crippen LogP contribution in [0.2, 0.25) is 5.02 Å². The maximum absolute atomic E-state index is 13.0. The number of ether oxygens (including phenoxy) is 1. The van der Waals surface area contributed by atoms with Gasteiger partial charge in [0.2, 0.25) is 0 Å².